The van der Waals surface area contributed by atoms with Crippen LogP contribution in [0.15, 0.2) is 170 Å². The Balaban J connectivity index is 1.12. The molecule has 0 aliphatic carbocycles. The smallest absolute Gasteiger partial charge is 0.164 e. The number of benzene rings is 7. The summed E-state index contributed by atoms with van der Waals surface area (Å²) in [5, 5.41) is 6.18. The van der Waals surface area contributed by atoms with Gasteiger partial charge in [-0.15, -0.1) is 11.3 Å². The third kappa shape index (κ3) is 5.14. The van der Waals surface area contributed by atoms with Gasteiger partial charge in [0.05, 0.1) is 11.2 Å². The van der Waals surface area contributed by atoms with Crippen LogP contribution in [0.2, 0.25) is 0 Å². The van der Waals surface area contributed by atoms with Crippen LogP contribution >= 0.6 is 11.3 Å². The first-order valence-corrected chi connectivity index (χ1v) is 17.8. The van der Waals surface area contributed by atoms with Crippen molar-refractivity contribution in [1.82, 2.24) is 19.9 Å². The topological polar surface area (TPSA) is 51.6 Å². The lowest BCUT2D eigenvalue weighted by molar-refractivity contribution is 1.07. The molecule has 0 aliphatic heterocycles. The zero-order valence-corrected chi connectivity index (χ0v) is 28.2. The molecule has 0 fully saturated rings. The molecule has 10 rings (SSSR count). The summed E-state index contributed by atoms with van der Waals surface area (Å²) in [6.45, 7) is 0. The molecule has 51 heavy (non-hydrogen) atoms. The number of hydrogen-bond acceptors (Lipinski definition) is 5. The minimum absolute atomic E-state index is 0.639. The molecule has 0 saturated carbocycles. The van der Waals surface area contributed by atoms with Gasteiger partial charge >= 0.3 is 0 Å². The first kappa shape index (κ1) is 29.4. The van der Waals surface area contributed by atoms with E-state index in [0.29, 0.717) is 17.5 Å². The molecule has 0 N–H and O–H groups in total. The summed E-state index contributed by atoms with van der Waals surface area (Å²) in [6.07, 6.45) is 0. The molecule has 7 aromatic carbocycles. The fraction of sp³-hybridized carbons (Fsp3) is 0. The molecule has 5 heteroatoms. The normalized spacial score (nSPS) is 11.5. The summed E-state index contributed by atoms with van der Waals surface area (Å²) in [4.78, 5) is 20.0. The van der Waals surface area contributed by atoms with Crippen LogP contribution in [0.5, 0.6) is 0 Å². The molecular weight excluding hydrogens is 641 g/mol. The Bertz CT molecular complexity index is 2830. The molecule has 0 aliphatic rings. The third-order valence-corrected chi connectivity index (χ3v) is 10.7. The van der Waals surface area contributed by atoms with E-state index in [1.54, 1.807) is 0 Å². The summed E-state index contributed by atoms with van der Waals surface area (Å²) in [5.74, 6) is 1.94. The van der Waals surface area contributed by atoms with Crippen LogP contribution in [0.25, 0.3) is 98.4 Å². The first-order chi connectivity index (χ1) is 25.3. The molecule has 0 bridgehead atoms. The van der Waals surface area contributed by atoms with Crippen LogP contribution in [0.4, 0.5) is 0 Å². The maximum atomic E-state index is 5.35. The van der Waals surface area contributed by atoms with Crippen LogP contribution in [0, 0.1) is 0 Å². The van der Waals surface area contributed by atoms with Crippen LogP contribution in [0.3, 0.4) is 0 Å². The molecule has 3 aromatic heterocycles. The summed E-state index contributed by atoms with van der Waals surface area (Å²) >= 11 is 1.85. The monoisotopic (exact) mass is 668 g/mol. The van der Waals surface area contributed by atoms with Crippen molar-refractivity contribution in [3.8, 4) is 56.5 Å². The van der Waals surface area contributed by atoms with Crippen molar-refractivity contribution in [2.75, 3.05) is 0 Å². The van der Waals surface area contributed by atoms with Gasteiger partial charge in [0.1, 0.15) is 0 Å². The van der Waals surface area contributed by atoms with Crippen molar-refractivity contribution >= 4 is 53.2 Å². The van der Waals surface area contributed by atoms with Gasteiger partial charge in [-0.3, -0.25) is 0 Å². The second-order valence-corrected chi connectivity index (χ2v) is 13.7. The molecule has 0 radical (unpaired) electrons. The number of pyridine rings is 1. The van der Waals surface area contributed by atoms with E-state index in [1.165, 1.54) is 30.9 Å². The van der Waals surface area contributed by atoms with Crippen LogP contribution in [0.1, 0.15) is 0 Å². The molecule has 0 amide bonds. The van der Waals surface area contributed by atoms with Crippen LogP contribution < -0.4 is 0 Å². The van der Waals surface area contributed by atoms with Gasteiger partial charge in [-0.2, -0.15) is 0 Å². The number of fused-ring (bicyclic) bond motifs is 7. The van der Waals surface area contributed by atoms with Crippen molar-refractivity contribution in [3.63, 3.8) is 0 Å². The van der Waals surface area contributed by atoms with Crippen molar-refractivity contribution < 1.29 is 0 Å². The van der Waals surface area contributed by atoms with Gasteiger partial charge < -0.3 is 0 Å². The maximum absolute atomic E-state index is 5.35. The molecule has 0 saturated heterocycles. The zero-order chi connectivity index (χ0) is 33.7. The van der Waals surface area contributed by atoms with E-state index < -0.39 is 0 Å². The zero-order valence-electron chi connectivity index (χ0n) is 27.4. The van der Waals surface area contributed by atoms with E-state index in [4.69, 9.17) is 19.9 Å². The van der Waals surface area contributed by atoms with Gasteiger partial charge in [-0.1, -0.05) is 152 Å². The summed E-state index contributed by atoms with van der Waals surface area (Å²) in [5.41, 5.74) is 8.13. The van der Waals surface area contributed by atoms with E-state index in [-0.39, 0.29) is 0 Å². The Hall–Kier alpha value is -6.56. The number of thiophene rings is 1. The lowest BCUT2D eigenvalue weighted by Gasteiger charge is -2.13. The number of hydrogen-bond donors (Lipinski definition) is 0. The minimum atomic E-state index is 0.639. The van der Waals surface area contributed by atoms with Gasteiger partial charge in [0, 0.05) is 58.6 Å². The fourth-order valence-electron chi connectivity index (χ4n) is 7.06. The summed E-state index contributed by atoms with van der Waals surface area (Å²) in [6, 6.07) is 59.1. The highest BCUT2D eigenvalue weighted by molar-refractivity contribution is 7.26. The Morgan fingerprint density at radius 1 is 0.314 bits per heavy atom. The lowest BCUT2D eigenvalue weighted by atomic mass is 9.94. The number of rotatable bonds is 5. The van der Waals surface area contributed by atoms with Crippen molar-refractivity contribution in [2.45, 2.75) is 0 Å². The fourth-order valence-corrected chi connectivity index (χ4v) is 8.17. The van der Waals surface area contributed by atoms with Gasteiger partial charge in [0.25, 0.3) is 0 Å². The largest absolute Gasteiger partial charge is 0.247 e. The van der Waals surface area contributed by atoms with E-state index in [1.807, 2.05) is 72.0 Å². The van der Waals surface area contributed by atoms with Crippen LogP contribution in [-0.4, -0.2) is 19.9 Å². The average molecular weight is 669 g/mol. The first-order valence-electron chi connectivity index (χ1n) is 17.0. The minimum Gasteiger partial charge on any atom is -0.247 e. The van der Waals surface area contributed by atoms with Crippen molar-refractivity contribution in [1.29, 1.82) is 0 Å². The van der Waals surface area contributed by atoms with E-state index in [9.17, 15) is 0 Å². The van der Waals surface area contributed by atoms with Gasteiger partial charge in [-0.05, 0) is 29.3 Å². The molecule has 4 nitrogen and oxygen atoms in total. The molecule has 0 unspecified atom stereocenters. The molecule has 0 atom stereocenters. The summed E-state index contributed by atoms with van der Waals surface area (Å²) in [7, 11) is 0. The predicted molar refractivity (Wildman–Crippen MR) is 213 cm³/mol. The molecule has 238 valence electrons. The third-order valence-electron chi connectivity index (χ3n) is 9.52. The quantitative estimate of drug-likeness (QED) is 0.171. The Labute approximate surface area is 298 Å². The van der Waals surface area contributed by atoms with Crippen molar-refractivity contribution in [2.24, 2.45) is 0 Å². The average Bonchev–Trinajstić information content (AvgIpc) is 3.60. The Morgan fingerprint density at radius 3 is 1.47 bits per heavy atom. The maximum Gasteiger partial charge on any atom is 0.164 e. The molecule has 10 aromatic rings. The van der Waals surface area contributed by atoms with Crippen LogP contribution in [-0.2, 0) is 0 Å². The van der Waals surface area contributed by atoms with E-state index in [0.717, 1.165) is 50.0 Å². The van der Waals surface area contributed by atoms with E-state index >= 15 is 0 Å². The Kier molecular flexibility index (Phi) is 6.96. The number of aromatic nitrogens is 4. The molecular formula is C46H28N4S. The van der Waals surface area contributed by atoms with Crippen molar-refractivity contribution in [3.05, 3.63) is 170 Å². The summed E-state index contributed by atoms with van der Waals surface area (Å²) < 4.78 is 2.59. The number of nitrogens with zero attached hydrogens (tertiary/aromatic N) is 4. The standard InChI is InChI=1S/C46H28N4S/c1-4-12-30(13-5-1)43-37-26-27-40-42(36-18-10-11-19-39(36)51-40)41(37)35-25-24-34(28-38(35)47-43)29-20-22-33(23-21-29)46-49-44(31-14-6-2-7-15-31)48-45(50-46)32-16-8-3-9-17-32/h1-28H. The molecule has 3 heterocycles. The van der Waals surface area contributed by atoms with E-state index in [2.05, 4.69) is 109 Å². The highest BCUT2D eigenvalue weighted by atomic mass is 32.1. The van der Waals surface area contributed by atoms with Gasteiger partial charge in [0.2, 0.25) is 0 Å². The highest BCUT2D eigenvalue weighted by Gasteiger charge is 2.17. The SMILES string of the molecule is c1ccc(-c2nc(-c3ccccc3)nc(-c3ccc(-c4ccc5c(c4)nc(-c4ccccc4)c4ccc6sc7ccccc7c6c45)cc3)n2)cc1. The second kappa shape index (κ2) is 12.1. The highest BCUT2D eigenvalue weighted by Crippen LogP contribution is 2.44. The van der Waals surface area contributed by atoms with Gasteiger partial charge in [-0.25, -0.2) is 19.9 Å². The predicted octanol–water partition coefficient (Wildman–Crippen LogP) is 12.3. The Morgan fingerprint density at radius 2 is 0.824 bits per heavy atom. The molecule has 0 spiro atoms. The second-order valence-electron chi connectivity index (χ2n) is 12.6. The lowest BCUT2D eigenvalue weighted by Crippen LogP contribution is -2.00. The van der Waals surface area contributed by atoms with Gasteiger partial charge in [0.15, 0.2) is 17.5 Å².